The number of hydrogen-bond acceptors (Lipinski definition) is 2. The molecule has 1 unspecified atom stereocenters. The summed E-state index contributed by atoms with van der Waals surface area (Å²) in [6.45, 7) is 0.271. The first-order valence-electron chi connectivity index (χ1n) is 7.69. The largest absolute Gasteiger partial charge is 0.475 e. The van der Waals surface area contributed by atoms with Crippen molar-refractivity contribution >= 4 is 5.91 Å². The van der Waals surface area contributed by atoms with Gasteiger partial charge in [0.05, 0.1) is 6.54 Å². The van der Waals surface area contributed by atoms with Crippen molar-refractivity contribution < 1.29 is 36.0 Å². The third-order valence-corrected chi connectivity index (χ3v) is 4.39. The second kappa shape index (κ2) is 6.81. The highest BCUT2D eigenvalue weighted by atomic mass is 19.4. The average Bonchev–Trinajstić information content (AvgIpc) is 2.51. The van der Waals surface area contributed by atoms with Crippen molar-refractivity contribution in [3.05, 3.63) is 30.1 Å². The summed E-state index contributed by atoms with van der Waals surface area (Å²) >= 11 is 0. The van der Waals surface area contributed by atoms with Gasteiger partial charge in [0.1, 0.15) is 6.04 Å². The molecule has 25 heavy (non-hydrogen) atoms. The first-order valence-corrected chi connectivity index (χ1v) is 7.69. The number of quaternary nitrogens is 1. The molecular weight excluding hydrogens is 352 g/mol. The number of carbonyl (C=O) groups is 1. The Morgan fingerprint density at radius 3 is 2.32 bits per heavy atom. The zero-order valence-electron chi connectivity index (χ0n) is 13.3. The van der Waals surface area contributed by atoms with Crippen LogP contribution in [0.5, 0.6) is 0 Å². The number of nitrogens with one attached hydrogen (secondary N) is 2. The monoisotopic (exact) mass is 370 g/mol. The molecule has 0 aromatic carbocycles. The molecule has 2 rings (SSSR count). The average molecular weight is 370 g/mol. The third kappa shape index (κ3) is 3.58. The summed E-state index contributed by atoms with van der Waals surface area (Å²) in [6, 6.07) is 1.83. The van der Waals surface area contributed by atoms with E-state index in [0.29, 0.717) is 13.3 Å². The summed E-state index contributed by atoms with van der Waals surface area (Å²) in [5.74, 6) is -1.39. The normalized spacial score (nSPS) is 22.5. The number of piperidine rings is 1. The van der Waals surface area contributed by atoms with E-state index in [0.717, 1.165) is 0 Å². The Hall–Kier alpha value is -1.84. The number of likely N-dealkylation sites (tertiary alicyclic amines) is 1. The minimum absolute atomic E-state index is 0.133. The SMILES string of the molecule is CC(=O)NC([NH+]1CCCC[C@@H]1c1cccnc1)(C(F)(F)F)C(F)(F)F. The van der Waals surface area contributed by atoms with Gasteiger partial charge < -0.3 is 0 Å². The molecule has 0 bridgehead atoms. The summed E-state index contributed by atoms with van der Waals surface area (Å²) in [6.07, 6.45) is -7.96. The molecule has 1 fully saturated rings. The van der Waals surface area contributed by atoms with E-state index in [4.69, 9.17) is 0 Å². The third-order valence-electron chi connectivity index (χ3n) is 4.39. The first-order chi connectivity index (χ1) is 11.5. The van der Waals surface area contributed by atoms with Gasteiger partial charge in [-0.25, -0.2) is 0 Å². The Kier molecular flexibility index (Phi) is 5.31. The maximum absolute atomic E-state index is 13.7. The standard InChI is InChI=1S/C15H17F6N3O/c1-10(25)23-13(14(16,17)18,15(19,20)21)24-8-3-2-6-12(24)11-5-4-7-22-9-11/h4-5,7,9,12H,2-3,6,8H2,1H3,(H,23,25)/p+1/t12-/m1/s1. The highest BCUT2D eigenvalue weighted by molar-refractivity contribution is 5.73. The van der Waals surface area contributed by atoms with Gasteiger partial charge in [0.2, 0.25) is 5.91 Å². The van der Waals surface area contributed by atoms with E-state index in [1.54, 1.807) is 0 Å². The van der Waals surface area contributed by atoms with Crippen molar-refractivity contribution in [1.29, 1.82) is 0 Å². The molecule has 1 aliphatic heterocycles. The second-order valence-corrected chi connectivity index (χ2v) is 6.04. The van der Waals surface area contributed by atoms with Crippen LogP contribution in [-0.2, 0) is 4.79 Å². The molecule has 4 nitrogen and oxygen atoms in total. The molecule has 0 aliphatic carbocycles. The Morgan fingerprint density at radius 2 is 1.84 bits per heavy atom. The van der Waals surface area contributed by atoms with E-state index in [9.17, 15) is 31.1 Å². The van der Waals surface area contributed by atoms with Crippen molar-refractivity contribution in [1.82, 2.24) is 10.3 Å². The molecule has 2 atom stereocenters. The lowest BCUT2D eigenvalue weighted by molar-refractivity contribution is -1.01. The molecule has 10 heteroatoms. The highest BCUT2D eigenvalue weighted by Gasteiger charge is 2.80. The number of hydrogen-bond donors (Lipinski definition) is 2. The van der Waals surface area contributed by atoms with Crippen LogP contribution >= 0.6 is 0 Å². The number of rotatable bonds is 3. The van der Waals surface area contributed by atoms with Crippen LogP contribution in [0.3, 0.4) is 0 Å². The van der Waals surface area contributed by atoms with E-state index < -0.39 is 34.9 Å². The quantitative estimate of drug-likeness (QED) is 0.801. The topological polar surface area (TPSA) is 46.4 Å². The fourth-order valence-corrected chi connectivity index (χ4v) is 3.42. The molecular formula is C15H18F6N3O+. The number of carbonyl (C=O) groups excluding carboxylic acids is 1. The Morgan fingerprint density at radius 1 is 1.20 bits per heavy atom. The Labute approximate surface area is 140 Å². The van der Waals surface area contributed by atoms with Crippen molar-refractivity contribution in [2.24, 2.45) is 0 Å². The fourth-order valence-electron chi connectivity index (χ4n) is 3.42. The number of halogens is 6. The maximum Gasteiger partial charge on any atom is 0.475 e. The van der Waals surface area contributed by atoms with Crippen molar-refractivity contribution in [3.8, 4) is 0 Å². The van der Waals surface area contributed by atoms with Crippen LogP contribution in [0.25, 0.3) is 0 Å². The molecule has 1 saturated heterocycles. The van der Waals surface area contributed by atoms with E-state index in [1.165, 1.54) is 29.8 Å². The predicted molar refractivity (Wildman–Crippen MR) is 75.3 cm³/mol. The van der Waals surface area contributed by atoms with Crippen LogP contribution in [-0.4, -0.2) is 35.5 Å². The molecule has 1 aromatic heterocycles. The fraction of sp³-hybridized carbons (Fsp3) is 0.600. The molecule has 1 aliphatic rings. The number of pyridine rings is 1. The van der Waals surface area contributed by atoms with Gasteiger partial charge in [-0.05, 0) is 18.9 Å². The van der Waals surface area contributed by atoms with E-state index in [-0.39, 0.29) is 24.9 Å². The van der Waals surface area contributed by atoms with Crippen LogP contribution in [0.2, 0.25) is 0 Å². The summed E-state index contributed by atoms with van der Waals surface area (Å²) in [7, 11) is 0. The maximum atomic E-state index is 13.7. The summed E-state index contributed by atoms with van der Waals surface area (Å²) < 4.78 is 82.4. The van der Waals surface area contributed by atoms with Gasteiger partial charge in [0.25, 0.3) is 0 Å². The molecule has 2 heterocycles. The van der Waals surface area contributed by atoms with Crippen LogP contribution < -0.4 is 10.2 Å². The molecule has 0 radical (unpaired) electrons. The smallest absolute Gasteiger partial charge is 0.291 e. The van der Waals surface area contributed by atoms with Gasteiger partial charge in [-0.3, -0.25) is 20.0 Å². The van der Waals surface area contributed by atoms with Crippen molar-refractivity contribution in [2.75, 3.05) is 6.54 Å². The minimum atomic E-state index is -5.72. The second-order valence-electron chi connectivity index (χ2n) is 6.04. The summed E-state index contributed by atoms with van der Waals surface area (Å²) in [4.78, 5) is 14.3. The number of nitrogens with zero attached hydrogens (tertiary/aromatic N) is 1. The number of amides is 1. The van der Waals surface area contributed by atoms with Crippen LogP contribution in [0, 0.1) is 0 Å². The van der Waals surface area contributed by atoms with Gasteiger partial charge in [-0.15, -0.1) is 0 Å². The van der Waals surface area contributed by atoms with E-state index >= 15 is 0 Å². The molecule has 0 spiro atoms. The van der Waals surface area contributed by atoms with Gasteiger partial charge in [-0.1, -0.05) is 6.07 Å². The highest BCUT2D eigenvalue weighted by Crippen LogP contribution is 2.41. The van der Waals surface area contributed by atoms with Crippen molar-refractivity contribution in [2.45, 2.75) is 50.2 Å². The zero-order chi connectivity index (χ0) is 18.9. The van der Waals surface area contributed by atoms with Gasteiger partial charge in [0.15, 0.2) is 0 Å². The minimum Gasteiger partial charge on any atom is -0.291 e. The number of aromatic nitrogens is 1. The molecule has 0 saturated carbocycles. The lowest BCUT2D eigenvalue weighted by Crippen LogP contribution is -3.27. The summed E-state index contributed by atoms with van der Waals surface area (Å²) in [5, 5.41) is 1.20. The lowest BCUT2D eigenvalue weighted by Gasteiger charge is -2.47. The van der Waals surface area contributed by atoms with Crippen LogP contribution in [0.1, 0.15) is 37.8 Å². The summed E-state index contributed by atoms with van der Waals surface area (Å²) in [5.41, 5.74) is -4.09. The molecule has 2 N–H and O–H groups in total. The molecule has 1 amide bonds. The van der Waals surface area contributed by atoms with Crippen molar-refractivity contribution in [3.63, 3.8) is 0 Å². The zero-order valence-corrected chi connectivity index (χ0v) is 13.3. The number of alkyl halides is 6. The molecule has 1 aromatic rings. The van der Waals surface area contributed by atoms with Gasteiger partial charge >= 0.3 is 18.0 Å². The molecule has 140 valence electrons. The van der Waals surface area contributed by atoms with Gasteiger partial charge in [0, 0.05) is 31.3 Å². The first kappa shape index (κ1) is 19.5. The van der Waals surface area contributed by atoms with E-state index in [2.05, 4.69) is 4.98 Å². The van der Waals surface area contributed by atoms with Gasteiger partial charge in [-0.2, -0.15) is 26.3 Å². The van der Waals surface area contributed by atoms with Crippen LogP contribution in [0.4, 0.5) is 26.3 Å². The van der Waals surface area contributed by atoms with Crippen LogP contribution in [0.15, 0.2) is 24.5 Å². The predicted octanol–water partition coefficient (Wildman–Crippen LogP) is 2.15. The Balaban J connectivity index is 2.62. The lowest BCUT2D eigenvalue weighted by atomic mass is 9.91. The van der Waals surface area contributed by atoms with E-state index in [1.807, 2.05) is 0 Å². The Bertz CT molecular complexity index is 588.